The lowest BCUT2D eigenvalue weighted by Gasteiger charge is -2.18. The van der Waals surface area contributed by atoms with Crippen LogP contribution < -0.4 is 20.1 Å². The highest BCUT2D eigenvalue weighted by molar-refractivity contribution is 5.95. The molecule has 0 aromatic heterocycles. The fraction of sp³-hybridized carbons (Fsp3) is 0.240. The van der Waals surface area contributed by atoms with Crippen LogP contribution >= 0.6 is 0 Å². The summed E-state index contributed by atoms with van der Waals surface area (Å²) in [7, 11) is 3.17. The Bertz CT molecular complexity index is 971. The van der Waals surface area contributed by atoms with E-state index in [-0.39, 0.29) is 18.0 Å². The van der Waals surface area contributed by atoms with Gasteiger partial charge in [0.05, 0.1) is 19.9 Å². The maximum absolute atomic E-state index is 12.7. The van der Waals surface area contributed by atoms with Crippen molar-refractivity contribution >= 4 is 11.6 Å². The third kappa shape index (κ3) is 5.19. The summed E-state index contributed by atoms with van der Waals surface area (Å²) < 4.78 is 10.6. The van der Waals surface area contributed by atoms with Crippen LogP contribution in [0, 0.1) is 0 Å². The van der Waals surface area contributed by atoms with Crippen LogP contribution in [0.1, 0.15) is 25.5 Å². The summed E-state index contributed by atoms with van der Waals surface area (Å²) in [5.41, 5.74) is 4.15. The zero-order valence-corrected chi connectivity index (χ0v) is 17.9. The van der Waals surface area contributed by atoms with E-state index in [9.17, 15) is 4.79 Å². The number of quaternary nitrogens is 1. The van der Waals surface area contributed by atoms with Gasteiger partial charge in [0.15, 0.2) is 6.04 Å². The topological polar surface area (TPSA) is 64.2 Å². The van der Waals surface area contributed by atoms with Gasteiger partial charge >= 0.3 is 0 Å². The Balaban J connectivity index is 1.64. The van der Waals surface area contributed by atoms with Gasteiger partial charge in [0, 0.05) is 11.6 Å². The molecule has 1 amide bonds. The molecule has 0 aliphatic rings. The van der Waals surface area contributed by atoms with E-state index >= 15 is 0 Å². The number of hydrogen-bond donors (Lipinski definition) is 2. The molecule has 0 heterocycles. The number of nitrogens with one attached hydrogen (secondary N) is 1. The molecule has 2 atom stereocenters. The van der Waals surface area contributed by atoms with E-state index < -0.39 is 0 Å². The first-order valence-corrected chi connectivity index (χ1v) is 10.0. The molecule has 0 aliphatic carbocycles. The Labute approximate surface area is 178 Å². The summed E-state index contributed by atoms with van der Waals surface area (Å²) in [6.45, 7) is 4.00. The molecule has 0 radical (unpaired) electrons. The number of amides is 1. The van der Waals surface area contributed by atoms with Gasteiger partial charge in [-0.1, -0.05) is 54.6 Å². The molecule has 3 rings (SSSR count). The molecule has 156 valence electrons. The lowest BCUT2D eigenvalue weighted by Crippen LogP contribution is -2.91. The zero-order valence-electron chi connectivity index (χ0n) is 17.9. The Hall–Kier alpha value is -3.31. The monoisotopic (exact) mass is 405 g/mol. The first-order chi connectivity index (χ1) is 14.5. The second-order valence-electron chi connectivity index (χ2n) is 7.31. The van der Waals surface area contributed by atoms with Gasteiger partial charge in [-0.05, 0) is 37.1 Å². The van der Waals surface area contributed by atoms with Crippen molar-refractivity contribution in [2.75, 3.05) is 19.5 Å². The molecule has 0 aliphatic heterocycles. The number of carbonyl (C=O) groups is 1. The standard InChI is InChI=1S/C25H28N2O3/c1-17(19-10-12-21(13-11-19)20-8-6-5-7-9-20)26-18(2)25(28)27-23-16-22(29-3)14-15-24(23)30-4/h5-18,26H,1-4H3,(H,27,28)/p+1/t17-,18-/m0/s1. The van der Waals surface area contributed by atoms with Crippen molar-refractivity contribution in [3.05, 3.63) is 78.4 Å². The van der Waals surface area contributed by atoms with E-state index in [2.05, 4.69) is 54.0 Å². The summed E-state index contributed by atoms with van der Waals surface area (Å²) in [5, 5.41) is 5.00. The predicted octanol–water partition coefficient (Wildman–Crippen LogP) is 4.02. The number of benzene rings is 3. The van der Waals surface area contributed by atoms with Crippen LogP contribution in [0.5, 0.6) is 11.5 Å². The van der Waals surface area contributed by atoms with Crippen LogP contribution in [0.4, 0.5) is 5.69 Å². The molecule has 3 aromatic carbocycles. The minimum atomic E-state index is -0.273. The molecule has 0 unspecified atom stereocenters. The van der Waals surface area contributed by atoms with Crippen LogP contribution in [-0.2, 0) is 4.79 Å². The van der Waals surface area contributed by atoms with Crippen LogP contribution in [0.2, 0.25) is 0 Å². The van der Waals surface area contributed by atoms with Crippen molar-refractivity contribution in [1.82, 2.24) is 0 Å². The molecular weight excluding hydrogens is 376 g/mol. The van der Waals surface area contributed by atoms with Crippen LogP contribution in [0.3, 0.4) is 0 Å². The van der Waals surface area contributed by atoms with Gasteiger partial charge in [-0.15, -0.1) is 0 Å². The minimum absolute atomic E-state index is 0.0886. The largest absolute Gasteiger partial charge is 0.497 e. The number of methoxy groups -OCH3 is 2. The van der Waals surface area contributed by atoms with Gasteiger partial charge in [-0.25, -0.2) is 0 Å². The normalized spacial score (nSPS) is 12.7. The number of carbonyl (C=O) groups excluding carboxylic acids is 1. The molecular formula is C25H29N2O3+. The van der Waals surface area contributed by atoms with E-state index in [1.165, 1.54) is 16.7 Å². The van der Waals surface area contributed by atoms with Crippen molar-refractivity contribution in [2.24, 2.45) is 0 Å². The average Bonchev–Trinajstić information content (AvgIpc) is 2.79. The van der Waals surface area contributed by atoms with Crippen molar-refractivity contribution in [3.8, 4) is 22.6 Å². The molecule has 30 heavy (non-hydrogen) atoms. The van der Waals surface area contributed by atoms with E-state index in [1.54, 1.807) is 32.4 Å². The Morgan fingerprint density at radius 3 is 2.17 bits per heavy atom. The van der Waals surface area contributed by atoms with Gasteiger partial charge in [0.2, 0.25) is 0 Å². The fourth-order valence-corrected chi connectivity index (χ4v) is 3.40. The third-order valence-electron chi connectivity index (χ3n) is 5.20. The SMILES string of the molecule is COc1ccc(OC)c(NC(=O)[C@H](C)[NH2+][C@@H](C)c2ccc(-c3ccccc3)cc2)c1. The molecule has 0 spiro atoms. The van der Waals surface area contributed by atoms with E-state index in [1.807, 2.05) is 25.1 Å². The molecule has 5 heteroatoms. The summed E-state index contributed by atoms with van der Waals surface area (Å²) in [5.74, 6) is 1.17. The number of anilines is 1. The van der Waals surface area contributed by atoms with Crippen molar-refractivity contribution in [1.29, 1.82) is 0 Å². The minimum Gasteiger partial charge on any atom is -0.497 e. The average molecular weight is 406 g/mol. The summed E-state index contributed by atoms with van der Waals surface area (Å²) >= 11 is 0. The summed E-state index contributed by atoms with van der Waals surface area (Å²) in [6.07, 6.45) is 0. The molecule has 0 bridgehead atoms. The molecule has 0 saturated carbocycles. The quantitative estimate of drug-likeness (QED) is 0.595. The Kier molecular flexibility index (Phi) is 7.09. The maximum Gasteiger partial charge on any atom is 0.282 e. The number of ether oxygens (including phenoxy) is 2. The molecule has 5 nitrogen and oxygen atoms in total. The van der Waals surface area contributed by atoms with Gasteiger partial charge in [-0.2, -0.15) is 0 Å². The van der Waals surface area contributed by atoms with E-state index in [4.69, 9.17) is 9.47 Å². The lowest BCUT2D eigenvalue weighted by atomic mass is 10.0. The maximum atomic E-state index is 12.7. The number of nitrogens with two attached hydrogens (primary N) is 1. The highest BCUT2D eigenvalue weighted by Crippen LogP contribution is 2.29. The van der Waals surface area contributed by atoms with Crippen molar-refractivity contribution < 1.29 is 19.6 Å². The molecule has 0 saturated heterocycles. The first-order valence-electron chi connectivity index (χ1n) is 10.0. The van der Waals surface area contributed by atoms with E-state index in [0.717, 1.165) is 0 Å². The van der Waals surface area contributed by atoms with Crippen LogP contribution in [-0.4, -0.2) is 26.2 Å². The first kappa shape index (κ1) is 21.4. The number of rotatable bonds is 8. The van der Waals surface area contributed by atoms with Gasteiger partial charge in [0.25, 0.3) is 5.91 Å². The second kappa shape index (κ2) is 9.94. The molecule has 0 fully saturated rings. The fourth-order valence-electron chi connectivity index (χ4n) is 3.40. The van der Waals surface area contributed by atoms with E-state index in [0.29, 0.717) is 17.2 Å². The Morgan fingerprint density at radius 2 is 1.53 bits per heavy atom. The highest BCUT2D eigenvalue weighted by Gasteiger charge is 2.21. The number of hydrogen-bond acceptors (Lipinski definition) is 3. The lowest BCUT2D eigenvalue weighted by molar-refractivity contribution is -0.709. The summed E-state index contributed by atoms with van der Waals surface area (Å²) in [4.78, 5) is 12.7. The predicted molar refractivity (Wildman–Crippen MR) is 120 cm³/mol. The van der Waals surface area contributed by atoms with Gasteiger partial charge < -0.3 is 20.1 Å². The molecule has 3 N–H and O–H groups in total. The van der Waals surface area contributed by atoms with Crippen molar-refractivity contribution in [3.63, 3.8) is 0 Å². The van der Waals surface area contributed by atoms with Gasteiger partial charge in [0.1, 0.15) is 17.5 Å². The van der Waals surface area contributed by atoms with Crippen LogP contribution in [0.15, 0.2) is 72.8 Å². The second-order valence-corrected chi connectivity index (χ2v) is 7.31. The highest BCUT2D eigenvalue weighted by atomic mass is 16.5. The summed E-state index contributed by atoms with van der Waals surface area (Å²) in [6, 6.07) is 24.0. The van der Waals surface area contributed by atoms with Crippen molar-refractivity contribution in [2.45, 2.75) is 25.9 Å². The molecule has 3 aromatic rings. The smallest absolute Gasteiger partial charge is 0.282 e. The Morgan fingerprint density at radius 1 is 0.867 bits per heavy atom. The third-order valence-corrected chi connectivity index (χ3v) is 5.20. The zero-order chi connectivity index (χ0) is 21.5. The van der Waals surface area contributed by atoms with Crippen LogP contribution in [0.25, 0.3) is 11.1 Å². The van der Waals surface area contributed by atoms with Gasteiger partial charge in [-0.3, -0.25) is 4.79 Å².